The number of amides is 1. The first-order valence-electron chi connectivity index (χ1n) is 4.90. The van der Waals surface area contributed by atoms with Crippen molar-refractivity contribution in [2.45, 2.75) is 19.3 Å². The van der Waals surface area contributed by atoms with Crippen LogP contribution in [0.25, 0.3) is 0 Å². The van der Waals surface area contributed by atoms with Crippen LogP contribution < -0.4 is 4.90 Å². The summed E-state index contributed by atoms with van der Waals surface area (Å²) < 4.78 is 4.92. The fourth-order valence-electron chi connectivity index (χ4n) is 1.18. The zero-order valence-electron chi connectivity index (χ0n) is 9.10. The van der Waals surface area contributed by atoms with Crippen LogP contribution in [-0.2, 0) is 9.53 Å². The monoisotopic (exact) mass is 228 g/mol. The molecule has 0 aliphatic carbocycles. The number of ether oxygens (including phenoxy) is 1. The minimum Gasteiger partial charge on any atom is -0.385 e. The highest BCUT2D eigenvalue weighted by Gasteiger charge is 2.11. The summed E-state index contributed by atoms with van der Waals surface area (Å²) >= 11 is 1.47. The molecule has 4 nitrogen and oxygen atoms in total. The Morgan fingerprint density at radius 1 is 1.60 bits per heavy atom. The Morgan fingerprint density at radius 3 is 3.00 bits per heavy atom. The Bertz CT molecular complexity index is 288. The lowest BCUT2D eigenvalue weighted by Gasteiger charge is -2.13. The fraction of sp³-hybridized carbons (Fsp3) is 0.600. The van der Waals surface area contributed by atoms with Crippen molar-refractivity contribution in [2.75, 3.05) is 25.7 Å². The quantitative estimate of drug-likeness (QED) is 0.699. The van der Waals surface area contributed by atoms with Crippen LogP contribution in [0.15, 0.2) is 11.6 Å². The summed E-state index contributed by atoms with van der Waals surface area (Å²) in [5, 5.41) is 2.62. The number of carbonyl (C=O) groups excluding carboxylic acids is 1. The summed E-state index contributed by atoms with van der Waals surface area (Å²) in [6.07, 6.45) is 4.05. The summed E-state index contributed by atoms with van der Waals surface area (Å²) in [5.74, 6) is 0.112. The molecule has 1 amide bonds. The Morgan fingerprint density at radius 2 is 2.40 bits per heavy atom. The van der Waals surface area contributed by atoms with Gasteiger partial charge in [0.15, 0.2) is 5.13 Å². The molecule has 1 heterocycles. The van der Waals surface area contributed by atoms with Crippen molar-refractivity contribution in [1.29, 1.82) is 0 Å². The van der Waals surface area contributed by atoms with Crippen molar-refractivity contribution >= 4 is 22.4 Å². The Balaban J connectivity index is 2.28. The first-order valence-corrected chi connectivity index (χ1v) is 5.78. The summed E-state index contributed by atoms with van der Waals surface area (Å²) in [7, 11) is 3.43. The van der Waals surface area contributed by atoms with Crippen LogP contribution in [0.3, 0.4) is 0 Å². The van der Waals surface area contributed by atoms with Crippen molar-refractivity contribution < 1.29 is 9.53 Å². The van der Waals surface area contributed by atoms with E-state index in [-0.39, 0.29) is 5.91 Å². The Kier molecular flexibility index (Phi) is 5.28. The number of rotatable bonds is 6. The van der Waals surface area contributed by atoms with Crippen molar-refractivity contribution in [1.82, 2.24) is 4.98 Å². The van der Waals surface area contributed by atoms with Gasteiger partial charge in [-0.2, -0.15) is 0 Å². The molecular weight excluding hydrogens is 212 g/mol. The molecule has 0 fully saturated rings. The van der Waals surface area contributed by atoms with E-state index in [2.05, 4.69) is 4.98 Å². The molecule has 0 N–H and O–H groups in total. The van der Waals surface area contributed by atoms with Crippen LogP contribution in [0.2, 0.25) is 0 Å². The maximum Gasteiger partial charge on any atom is 0.228 e. The fourth-order valence-corrected chi connectivity index (χ4v) is 1.80. The van der Waals surface area contributed by atoms with Gasteiger partial charge in [0.1, 0.15) is 0 Å². The molecule has 0 bridgehead atoms. The second kappa shape index (κ2) is 6.53. The zero-order valence-corrected chi connectivity index (χ0v) is 9.92. The number of thiazole rings is 1. The number of unbranched alkanes of at least 4 members (excludes halogenated alkanes) is 1. The molecule has 0 unspecified atom stereocenters. The highest BCUT2D eigenvalue weighted by Crippen LogP contribution is 2.16. The first-order chi connectivity index (χ1) is 7.25. The molecule has 0 aliphatic heterocycles. The van der Waals surface area contributed by atoms with E-state index in [1.807, 2.05) is 5.38 Å². The van der Waals surface area contributed by atoms with Gasteiger partial charge in [-0.1, -0.05) is 0 Å². The van der Waals surface area contributed by atoms with Crippen LogP contribution in [0.4, 0.5) is 5.13 Å². The van der Waals surface area contributed by atoms with Crippen LogP contribution >= 0.6 is 11.3 Å². The number of nitrogens with zero attached hydrogens (tertiary/aromatic N) is 2. The molecular formula is C10H16N2O2S. The summed E-state index contributed by atoms with van der Waals surface area (Å²) in [6.45, 7) is 0.717. The average Bonchev–Trinajstić information content (AvgIpc) is 2.76. The second-order valence-corrected chi connectivity index (χ2v) is 4.09. The standard InChI is InChI=1S/C10H16N2O2S/c1-12(10-11-6-8-15-10)9(13)5-3-4-7-14-2/h6,8H,3-5,7H2,1-2H3. The zero-order chi connectivity index (χ0) is 11.1. The third-order valence-electron chi connectivity index (χ3n) is 2.07. The first kappa shape index (κ1) is 12.1. The van der Waals surface area contributed by atoms with E-state index in [0.717, 1.165) is 18.0 Å². The largest absolute Gasteiger partial charge is 0.385 e. The third kappa shape index (κ3) is 3.97. The molecule has 1 aromatic heterocycles. The highest BCUT2D eigenvalue weighted by molar-refractivity contribution is 7.13. The second-order valence-electron chi connectivity index (χ2n) is 3.22. The van der Waals surface area contributed by atoms with E-state index in [4.69, 9.17) is 4.74 Å². The highest BCUT2D eigenvalue weighted by atomic mass is 32.1. The van der Waals surface area contributed by atoms with E-state index in [1.165, 1.54) is 11.3 Å². The van der Waals surface area contributed by atoms with Gasteiger partial charge >= 0.3 is 0 Å². The van der Waals surface area contributed by atoms with Crippen molar-refractivity contribution in [3.8, 4) is 0 Å². The minimum absolute atomic E-state index is 0.112. The summed E-state index contributed by atoms with van der Waals surface area (Å²) in [6, 6.07) is 0. The Hall–Kier alpha value is -0.940. The number of carbonyl (C=O) groups is 1. The molecule has 0 atom stereocenters. The smallest absolute Gasteiger partial charge is 0.228 e. The van der Waals surface area contributed by atoms with Crippen molar-refractivity contribution in [2.24, 2.45) is 0 Å². The predicted octanol–water partition coefficient (Wildman–Crippen LogP) is 1.92. The van der Waals surface area contributed by atoms with Gasteiger partial charge in [-0.25, -0.2) is 4.98 Å². The van der Waals surface area contributed by atoms with Gasteiger partial charge in [-0.05, 0) is 12.8 Å². The molecule has 1 rings (SSSR count). The van der Waals surface area contributed by atoms with E-state index in [9.17, 15) is 4.79 Å². The lowest BCUT2D eigenvalue weighted by molar-refractivity contribution is -0.118. The van der Waals surface area contributed by atoms with Crippen LogP contribution in [0.5, 0.6) is 0 Å². The Labute approximate surface area is 93.9 Å². The number of hydrogen-bond donors (Lipinski definition) is 0. The van der Waals surface area contributed by atoms with Gasteiger partial charge in [-0.15, -0.1) is 11.3 Å². The molecule has 0 aromatic carbocycles. The van der Waals surface area contributed by atoms with Gasteiger partial charge in [-0.3, -0.25) is 9.69 Å². The molecule has 84 valence electrons. The van der Waals surface area contributed by atoms with Crippen LogP contribution in [0, 0.1) is 0 Å². The molecule has 0 saturated heterocycles. The molecule has 0 saturated carbocycles. The predicted molar refractivity (Wildman–Crippen MR) is 61.3 cm³/mol. The molecule has 0 radical (unpaired) electrons. The summed E-state index contributed by atoms with van der Waals surface area (Å²) in [4.78, 5) is 17.3. The van der Waals surface area contributed by atoms with Gasteiger partial charge in [0.05, 0.1) is 0 Å². The normalized spacial score (nSPS) is 10.3. The number of hydrogen-bond acceptors (Lipinski definition) is 4. The van der Waals surface area contributed by atoms with Gasteiger partial charge < -0.3 is 4.74 Å². The van der Waals surface area contributed by atoms with E-state index < -0.39 is 0 Å². The maximum absolute atomic E-state index is 11.7. The number of aromatic nitrogens is 1. The number of anilines is 1. The average molecular weight is 228 g/mol. The SMILES string of the molecule is COCCCCC(=O)N(C)c1nccs1. The van der Waals surface area contributed by atoms with Crippen molar-refractivity contribution in [3.05, 3.63) is 11.6 Å². The van der Waals surface area contributed by atoms with E-state index in [0.29, 0.717) is 13.0 Å². The van der Waals surface area contributed by atoms with Gasteiger partial charge in [0.2, 0.25) is 5.91 Å². The van der Waals surface area contributed by atoms with Crippen LogP contribution in [-0.4, -0.2) is 31.7 Å². The molecule has 15 heavy (non-hydrogen) atoms. The van der Waals surface area contributed by atoms with Crippen molar-refractivity contribution in [3.63, 3.8) is 0 Å². The lowest BCUT2D eigenvalue weighted by atomic mass is 10.2. The molecule has 0 aliphatic rings. The number of methoxy groups -OCH3 is 1. The van der Waals surface area contributed by atoms with Gasteiger partial charge in [0, 0.05) is 38.8 Å². The maximum atomic E-state index is 11.7. The summed E-state index contributed by atoms with van der Waals surface area (Å²) in [5.41, 5.74) is 0. The topological polar surface area (TPSA) is 42.4 Å². The van der Waals surface area contributed by atoms with E-state index >= 15 is 0 Å². The van der Waals surface area contributed by atoms with Gasteiger partial charge in [0.25, 0.3) is 0 Å². The third-order valence-corrected chi connectivity index (χ3v) is 2.92. The van der Waals surface area contributed by atoms with Crippen LogP contribution in [0.1, 0.15) is 19.3 Å². The molecule has 1 aromatic rings. The minimum atomic E-state index is 0.112. The molecule has 0 spiro atoms. The lowest BCUT2D eigenvalue weighted by Crippen LogP contribution is -2.25. The molecule has 5 heteroatoms. The van der Waals surface area contributed by atoms with E-state index in [1.54, 1.807) is 25.3 Å².